The number of piperidine rings is 1. The molecule has 1 atom stereocenters. The van der Waals surface area contributed by atoms with Gasteiger partial charge in [0, 0.05) is 53.3 Å². The first-order valence-corrected chi connectivity index (χ1v) is 15.1. The topological polar surface area (TPSA) is 89.4 Å². The molecule has 2 amide bonds. The van der Waals surface area contributed by atoms with Crippen molar-refractivity contribution < 1.29 is 14.3 Å². The molecule has 0 saturated carbocycles. The van der Waals surface area contributed by atoms with Crippen LogP contribution in [-0.2, 0) is 28.9 Å². The minimum atomic E-state index is -0.702. The number of pyridine rings is 1. The van der Waals surface area contributed by atoms with Gasteiger partial charge in [0.2, 0.25) is 5.91 Å². The molecule has 2 aliphatic rings. The number of nitrogens with one attached hydrogen (secondary N) is 1. The van der Waals surface area contributed by atoms with Crippen LogP contribution in [0.3, 0.4) is 0 Å². The van der Waals surface area contributed by atoms with Crippen LogP contribution in [0, 0.1) is 0 Å². The third kappa shape index (κ3) is 7.01. The second-order valence-electron chi connectivity index (χ2n) is 11.5. The summed E-state index contributed by atoms with van der Waals surface area (Å²) in [7, 11) is 0. The van der Waals surface area contributed by atoms with Crippen molar-refractivity contribution in [1.82, 2.24) is 24.8 Å². The summed E-state index contributed by atoms with van der Waals surface area (Å²) in [6.45, 7) is 7.11. The summed E-state index contributed by atoms with van der Waals surface area (Å²) >= 11 is 9.99. The van der Waals surface area contributed by atoms with E-state index in [1.54, 1.807) is 17.4 Å². The molecule has 2 aromatic heterocycles. The Morgan fingerprint density at radius 2 is 1.98 bits per heavy atom. The Hall–Kier alpha value is -3.17. The van der Waals surface area contributed by atoms with Gasteiger partial charge in [0.15, 0.2) is 0 Å². The van der Waals surface area contributed by atoms with Gasteiger partial charge in [-0.25, -0.2) is 9.78 Å². The van der Waals surface area contributed by atoms with E-state index in [1.165, 1.54) is 0 Å². The second kappa shape index (κ2) is 12.4. The molecule has 3 aromatic rings. The largest absolute Gasteiger partial charge is 0.444 e. The number of ether oxygens (including phenoxy) is 1. The van der Waals surface area contributed by atoms with Crippen LogP contribution in [0.5, 0.6) is 0 Å². The number of carbonyl (C=O) groups excluding carboxylic acids is 2. The average Bonchev–Trinajstić information content (AvgIpc) is 3.39. The summed E-state index contributed by atoms with van der Waals surface area (Å²) in [4.78, 5) is 37.5. The number of likely N-dealkylation sites (tertiary alicyclic amines) is 1. The van der Waals surface area contributed by atoms with E-state index in [4.69, 9.17) is 21.3 Å². The Morgan fingerprint density at radius 3 is 2.73 bits per heavy atom. The van der Waals surface area contributed by atoms with Crippen LogP contribution in [0.2, 0.25) is 5.02 Å². The van der Waals surface area contributed by atoms with Crippen molar-refractivity contribution in [2.45, 2.75) is 71.1 Å². The molecule has 8 nitrogen and oxygen atoms in total. The fourth-order valence-corrected chi connectivity index (χ4v) is 6.11. The zero-order valence-corrected chi connectivity index (χ0v) is 26.0. The highest BCUT2D eigenvalue weighted by atomic mass is 79.9. The molecule has 1 unspecified atom stereocenters. The van der Waals surface area contributed by atoms with Crippen molar-refractivity contribution in [3.05, 3.63) is 86.6 Å². The van der Waals surface area contributed by atoms with Crippen molar-refractivity contribution in [3.63, 3.8) is 0 Å². The van der Waals surface area contributed by atoms with Crippen LogP contribution in [0.4, 0.5) is 4.79 Å². The average molecular weight is 641 g/mol. The molecule has 10 heteroatoms. The number of rotatable bonds is 5. The molecule has 216 valence electrons. The van der Waals surface area contributed by atoms with Gasteiger partial charge in [-0.05, 0) is 104 Å². The Morgan fingerprint density at radius 1 is 1.17 bits per heavy atom. The Bertz CT molecular complexity index is 1410. The van der Waals surface area contributed by atoms with E-state index in [-0.39, 0.29) is 5.91 Å². The first-order chi connectivity index (χ1) is 19.6. The zero-order valence-electron chi connectivity index (χ0n) is 23.6. The van der Waals surface area contributed by atoms with E-state index in [2.05, 4.69) is 38.4 Å². The maximum atomic E-state index is 13.7. The van der Waals surface area contributed by atoms with Gasteiger partial charge in [0.25, 0.3) is 0 Å². The van der Waals surface area contributed by atoms with Crippen molar-refractivity contribution in [3.8, 4) is 0 Å². The highest BCUT2D eigenvalue weighted by molar-refractivity contribution is 9.10. The Balaban J connectivity index is 1.49. The van der Waals surface area contributed by atoms with Gasteiger partial charge >= 0.3 is 6.09 Å². The maximum Gasteiger partial charge on any atom is 0.410 e. The quantitative estimate of drug-likeness (QED) is 0.336. The lowest BCUT2D eigenvalue weighted by Crippen LogP contribution is -2.53. The highest BCUT2D eigenvalue weighted by Gasteiger charge is 2.38. The molecule has 5 rings (SSSR count). The summed E-state index contributed by atoms with van der Waals surface area (Å²) in [5.41, 5.74) is 5.78. The summed E-state index contributed by atoms with van der Waals surface area (Å²) < 4.78 is 8.62. The van der Waals surface area contributed by atoms with Crippen LogP contribution in [0.25, 0.3) is 5.57 Å². The van der Waals surface area contributed by atoms with Crippen molar-refractivity contribution in [2.24, 2.45) is 0 Å². The third-order valence-electron chi connectivity index (χ3n) is 7.38. The number of hydrogen-bond donors (Lipinski definition) is 1. The van der Waals surface area contributed by atoms with E-state index in [9.17, 15) is 9.59 Å². The van der Waals surface area contributed by atoms with Crippen LogP contribution in [0.1, 0.15) is 62.4 Å². The number of benzene rings is 1. The molecule has 1 aliphatic heterocycles. The fourth-order valence-electron chi connectivity index (χ4n) is 5.53. The molecular weight excluding hydrogens is 606 g/mol. The number of carbonyl (C=O) groups is 2. The Labute approximate surface area is 254 Å². The molecule has 1 fully saturated rings. The fraction of sp³-hybridized carbons (Fsp3) is 0.419. The van der Waals surface area contributed by atoms with Gasteiger partial charge in [-0.2, -0.15) is 0 Å². The third-order valence-corrected chi connectivity index (χ3v) is 8.05. The maximum absolute atomic E-state index is 13.7. The summed E-state index contributed by atoms with van der Waals surface area (Å²) in [6, 6.07) is 7.41. The number of amides is 2. The number of nitrogens with zero attached hydrogens (tertiary/aromatic N) is 4. The lowest BCUT2D eigenvalue weighted by molar-refractivity contribution is -0.127. The molecule has 1 saturated heterocycles. The predicted octanol–water partition coefficient (Wildman–Crippen LogP) is 6.20. The first kappa shape index (κ1) is 29.3. The molecular formula is C31H35BrClN5O3. The standard InChI is InChI=1S/C31H35BrClN5O3/c1-31(2,3)41-30(40)38-13-9-21(17-26(38)29(39)35-10-4-12-37-14-11-34-19-37)27-25-8-7-24(33)16-20(25)5-6-22-15-23(32)18-36-28(22)27/h7-8,11,14-16,18-19,26H,4-6,9-10,12-13,17H2,1-3H3,(H,35,39)/b27-21+. The molecule has 41 heavy (non-hydrogen) atoms. The highest BCUT2D eigenvalue weighted by Crippen LogP contribution is 2.40. The minimum Gasteiger partial charge on any atom is -0.444 e. The number of aromatic nitrogens is 3. The van der Waals surface area contributed by atoms with Crippen molar-refractivity contribution in [1.29, 1.82) is 0 Å². The first-order valence-electron chi connectivity index (χ1n) is 14.0. The molecule has 0 spiro atoms. The van der Waals surface area contributed by atoms with E-state index >= 15 is 0 Å². The summed E-state index contributed by atoms with van der Waals surface area (Å²) in [5.74, 6) is -0.187. The molecule has 1 N–H and O–H groups in total. The monoisotopic (exact) mass is 639 g/mol. The van der Waals surface area contributed by atoms with Crippen LogP contribution in [-0.4, -0.2) is 56.2 Å². The lowest BCUT2D eigenvalue weighted by Gasteiger charge is -2.37. The predicted molar refractivity (Wildman–Crippen MR) is 163 cm³/mol. The molecule has 0 bridgehead atoms. The van der Waals surface area contributed by atoms with Gasteiger partial charge in [-0.15, -0.1) is 0 Å². The number of imidazole rings is 1. The SMILES string of the molecule is CC(C)(C)OC(=O)N1CC/C(=C2/c3ccc(Cl)cc3CCc3cc(Br)cnc32)CC1C(=O)NCCCn1ccnc1. The number of fused-ring (bicyclic) bond motifs is 2. The molecule has 1 aromatic carbocycles. The molecule has 3 heterocycles. The van der Waals surface area contributed by atoms with Crippen LogP contribution in [0.15, 0.2) is 59.2 Å². The Kier molecular flexibility index (Phi) is 8.85. The van der Waals surface area contributed by atoms with E-state index < -0.39 is 17.7 Å². The van der Waals surface area contributed by atoms with Gasteiger partial charge in [0.05, 0.1) is 12.0 Å². The van der Waals surface area contributed by atoms with E-state index in [0.717, 1.165) is 63.8 Å². The van der Waals surface area contributed by atoms with Crippen LogP contribution < -0.4 is 5.32 Å². The molecule has 0 radical (unpaired) electrons. The summed E-state index contributed by atoms with van der Waals surface area (Å²) in [5, 5.41) is 3.76. The number of hydrogen-bond acceptors (Lipinski definition) is 5. The normalized spacial score (nSPS) is 18.8. The lowest BCUT2D eigenvalue weighted by atomic mass is 9.86. The van der Waals surface area contributed by atoms with E-state index in [0.29, 0.717) is 31.0 Å². The summed E-state index contributed by atoms with van der Waals surface area (Å²) in [6.07, 6.45) is 10.1. The van der Waals surface area contributed by atoms with Gasteiger partial charge in [-0.3, -0.25) is 14.7 Å². The van der Waals surface area contributed by atoms with Gasteiger partial charge in [0.1, 0.15) is 11.6 Å². The number of aryl methyl sites for hydroxylation is 3. The number of halogens is 2. The van der Waals surface area contributed by atoms with Crippen LogP contribution >= 0.6 is 27.5 Å². The van der Waals surface area contributed by atoms with Crippen molar-refractivity contribution in [2.75, 3.05) is 13.1 Å². The van der Waals surface area contributed by atoms with Crippen molar-refractivity contribution >= 4 is 45.1 Å². The minimum absolute atomic E-state index is 0.187. The van der Waals surface area contributed by atoms with Gasteiger partial charge < -0.3 is 14.6 Å². The molecule has 1 aliphatic carbocycles. The smallest absolute Gasteiger partial charge is 0.410 e. The van der Waals surface area contributed by atoms with E-state index in [1.807, 2.05) is 49.9 Å². The zero-order chi connectivity index (χ0) is 29.1. The van der Waals surface area contributed by atoms with Gasteiger partial charge in [-0.1, -0.05) is 23.2 Å². The second-order valence-corrected chi connectivity index (χ2v) is 12.9.